The van der Waals surface area contributed by atoms with Crippen molar-refractivity contribution in [2.45, 2.75) is 59.7 Å². The molecule has 1 N–H and O–H groups in total. The summed E-state index contributed by atoms with van der Waals surface area (Å²) in [5, 5.41) is 2.68. The Kier molecular flexibility index (Phi) is 10.8. The number of methoxy groups -OCH3 is 1. The fourth-order valence-electron chi connectivity index (χ4n) is 1.89. The van der Waals surface area contributed by atoms with Crippen molar-refractivity contribution in [3.63, 3.8) is 0 Å². The number of hydrogen-bond donors (Lipinski definition) is 1. The fourth-order valence-corrected chi connectivity index (χ4v) is 1.89. The van der Waals surface area contributed by atoms with Gasteiger partial charge < -0.3 is 19.6 Å². The molecule has 0 aliphatic rings. The largest absolute Gasteiger partial charge is 0.444 e. The molecule has 0 radical (unpaired) electrons. The first kappa shape index (κ1) is 23.1. The molecular formula is C20H33NO4. The molecule has 1 amide bonds. The number of aldehydes is 1. The van der Waals surface area contributed by atoms with Crippen LogP contribution < -0.4 is 5.32 Å². The maximum Gasteiger partial charge on any atom is 0.407 e. The Hall–Kier alpha value is -1.88. The Morgan fingerprint density at radius 1 is 1.12 bits per heavy atom. The fraction of sp³-hybridized carbons (Fsp3) is 0.600. The molecule has 1 rings (SSSR count). The number of hydrogen-bond acceptors (Lipinski definition) is 4. The molecule has 1 aromatic carbocycles. The van der Waals surface area contributed by atoms with Crippen LogP contribution in [0.4, 0.5) is 4.79 Å². The van der Waals surface area contributed by atoms with Gasteiger partial charge in [-0.2, -0.15) is 0 Å². The molecule has 0 spiro atoms. The lowest BCUT2D eigenvalue weighted by molar-refractivity contribution is -0.109. The lowest BCUT2D eigenvalue weighted by atomic mass is 9.86. The van der Waals surface area contributed by atoms with Crippen molar-refractivity contribution in [2.75, 3.05) is 13.7 Å². The van der Waals surface area contributed by atoms with Crippen molar-refractivity contribution >= 4 is 12.4 Å². The summed E-state index contributed by atoms with van der Waals surface area (Å²) in [6.07, 6.45) is 1.76. The van der Waals surface area contributed by atoms with Gasteiger partial charge in [0.15, 0.2) is 0 Å². The van der Waals surface area contributed by atoms with Gasteiger partial charge in [0.25, 0.3) is 0 Å². The highest BCUT2D eigenvalue weighted by molar-refractivity contribution is 5.67. The first-order valence-electron chi connectivity index (χ1n) is 8.53. The molecule has 0 aliphatic carbocycles. The Balaban J connectivity index is 0.000000535. The SMILES string of the molecule is CC(C)(CC=O)CCNC(=O)OC(C)(C)C.COCc1ccccc1. The summed E-state index contributed by atoms with van der Waals surface area (Å²) in [5.74, 6) is 0. The molecule has 0 aliphatic heterocycles. The second-order valence-corrected chi connectivity index (χ2v) is 7.63. The van der Waals surface area contributed by atoms with Gasteiger partial charge in [-0.15, -0.1) is 0 Å². The van der Waals surface area contributed by atoms with Crippen LogP contribution in [0.2, 0.25) is 0 Å². The van der Waals surface area contributed by atoms with Crippen LogP contribution in [0, 0.1) is 5.41 Å². The van der Waals surface area contributed by atoms with Gasteiger partial charge in [-0.3, -0.25) is 0 Å². The molecule has 1 aromatic rings. The molecular weight excluding hydrogens is 318 g/mol. The molecule has 0 aromatic heterocycles. The minimum Gasteiger partial charge on any atom is -0.444 e. The van der Waals surface area contributed by atoms with Crippen molar-refractivity contribution in [3.8, 4) is 0 Å². The molecule has 0 atom stereocenters. The van der Waals surface area contributed by atoms with Gasteiger partial charge in [0.05, 0.1) is 6.61 Å². The number of amides is 1. The van der Waals surface area contributed by atoms with Gasteiger partial charge in [-0.05, 0) is 38.2 Å². The lowest BCUT2D eigenvalue weighted by Crippen LogP contribution is -2.34. The molecule has 0 saturated heterocycles. The van der Waals surface area contributed by atoms with E-state index in [1.54, 1.807) is 7.11 Å². The van der Waals surface area contributed by atoms with Crippen molar-refractivity contribution in [2.24, 2.45) is 5.41 Å². The maximum atomic E-state index is 11.3. The van der Waals surface area contributed by atoms with Crippen LogP contribution in [0.3, 0.4) is 0 Å². The van der Waals surface area contributed by atoms with E-state index in [0.29, 0.717) is 19.6 Å². The van der Waals surface area contributed by atoms with Gasteiger partial charge in [-0.1, -0.05) is 44.2 Å². The number of benzene rings is 1. The summed E-state index contributed by atoms with van der Waals surface area (Å²) in [6, 6.07) is 10.1. The van der Waals surface area contributed by atoms with Crippen molar-refractivity contribution in [3.05, 3.63) is 35.9 Å². The van der Waals surface area contributed by atoms with E-state index in [-0.39, 0.29) is 5.41 Å². The third kappa shape index (κ3) is 14.2. The number of carbonyl (C=O) groups is 2. The Labute approximate surface area is 152 Å². The van der Waals surface area contributed by atoms with E-state index in [2.05, 4.69) is 5.32 Å². The van der Waals surface area contributed by atoms with E-state index < -0.39 is 11.7 Å². The first-order chi connectivity index (χ1) is 11.6. The van der Waals surface area contributed by atoms with Gasteiger partial charge in [0.1, 0.15) is 11.9 Å². The van der Waals surface area contributed by atoms with Gasteiger partial charge >= 0.3 is 6.09 Å². The summed E-state index contributed by atoms with van der Waals surface area (Å²) in [6.45, 7) is 10.7. The van der Waals surface area contributed by atoms with Crippen molar-refractivity contribution in [1.29, 1.82) is 0 Å². The third-order valence-electron chi connectivity index (χ3n) is 3.26. The summed E-state index contributed by atoms with van der Waals surface area (Å²) in [5.41, 5.74) is 0.680. The Morgan fingerprint density at radius 3 is 2.20 bits per heavy atom. The second-order valence-electron chi connectivity index (χ2n) is 7.63. The Morgan fingerprint density at radius 2 is 1.72 bits per heavy atom. The van der Waals surface area contributed by atoms with Crippen molar-refractivity contribution in [1.82, 2.24) is 5.32 Å². The highest BCUT2D eigenvalue weighted by Crippen LogP contribution is 2.22. The highest BCUT2D eigenvalue weighted by atomic mass is 16.6. The molecule has 0 fully saturated rings. The predicted octanol–water partition coefficient (Wildman–Crippen LogP) is 4.35. The average molecular weight is 351 g/mol. The molecule has 5 nitrogen and oxygen atoms in total. The summed E-state index contributed by atoms with van der Waals surface area (Å²) in [7, 11) is 1.70. The minimum absolute atomic E-state index is 0.0727. The quantitative estimate of drug-likeness (QED) is 0.742. The van der Waals surface area contributed by atoms with Gasteiger partial charge in [-0.25, -0.2) is 4.79 Å². The van der Waals surface area contributed by atoms with E-state index in [9.17, 15) is 9.59 Å². The zero-order chi connectivity index (χ0) is 19.3. The predicted molar refractivity (Wildman–Crippen MR) is 100 cm³/mol. The molecule has 5 heteroatoms. The summed E-state index contributed by atoms with van der Waals surface area (Å²) in [4.78, 5) is 21.7. The van der Waals surface area contributed by atoms with E-state index >= 15 is 0 Å². The van der Waals surface area contributed by atoms with Crippen LogP contribution in [0.1, 0.15) is 53.0 Å². The normalized spacial score (nSPS) is 11.1. The standard InChI is InChI=1S/C12H23NO3.C8H10O/c1-11(2,3)16-10(15)13-8-6-12(4,5)7-9-14;1-9-7-8-5-3-2-4-6-8/h9H,6-8H2,1-5H3,(H,13,15);2-6H,7H2,1H3. The van der Waals surface area contributed by atoms with Crippen LogP contribution in [0.25, 0.3) is 0 Å². The maximum absolute atomic E-state index is 11.3. The number of carbonyl (C=O) groups excluding carboxylic acids is 2. The zero-order valence-corrected chi connectivity index (χ0v) is 16.4. The van der Waals surface area contributed by atoms with E-state index in [1.807, 2.05) is 65.0 Å². The average Bonchev–Trinajstić information content (AvgIpc) is 2.47. The number of ether oxygens (including phenoxy) is 2. The molecule has 0 heterocycles. The molecule has 142 valence electrons. The Bertz CT molecular complexity index is 492. The minimum atomic E-state index is -0.470. The smallest absolute Gasteiger partial charge is 0.407 e. The zero-order valence-electron chi connectivity index (χ0n) is 16.4. The topological polar surface area (TPSA) is 64.6 Å². The summed E-state index contributed by atoms with van der Waals surface area (Å²) >= 11 is 0. The van der Waals surface area contributed by atoms with Crippen LogP contribution in [-0.4, -0.2) is 31.6 Å². The van der Waals surface area contributed by atoms with Crippen LogP contribution in [-0.2, 0) is 20.9 Å². The lowest BCUT2D eigenvalue weighted by Gasteiger charge is -2.23. The molecule has 25 heavy (non-hydrogen) atoms. The van der Waals surface area contributed by atoms with Crippen LogP contribution >= 0.6 is 0 Å². The number of rotatable bonds is 7. The van der Waals surface area contributed by atoms with Crippen LogP contribution in [0.15, 0.2) is 30.3 Å². The first-order valence-corrected chi connectivity index (χ1v) is 8.53. The monoisotopic (exact) mass is 351 g/mol. The van der Waals surface area contributed by atoms with E-state index in [1.165, 1.54) is 5.56 Å². The van der Waals surface area contributed by atoms with E-state index in [0.717, 1.165) is 12.7 Å². The number of nitrogens with one attached hydrogen (secondary N) is 1. The third-order valence-corrected chi connectivity index (χ3v) is 3.26. The van der Waals surface area contributed by atoms with Gasteiger partial charge in [0.2, 0.25) is 0 Å². The summed E-state index contributed by atoms with van der Waals surface area (Å²) < 4.78 is 10.0. The molecule has 0 saturated carbocycles. The second kappa shape index (κ2) is 11.6. The van der Waals surface area contributed by atoms with Crippen molar-refractivity contribution < 1.29 is 19.1 Å². The van der Waals surface area contributed by atoms with E-state index in [4.69, 9.17) is 9.47 Å². The highest BCUT2D eigenvalue weighted by Gasteiger charge is 2.19. The van der Waals surface area contributed by atoms with Crippen LogP contribution in [0.5, 0.6) is 0 Å². The number of alkyl carbamates (subject to hydrolysis) is 1. The van der Waals surface area contributed by atoms with Gasteiger partial charge in [0, 0.05) is 20.1 Å². The molecule has 0 unspecified atom stereocenters. The molecule has 0 bridgehead atoms.